The van der Waals surface area contributed by atoms with E-state index in [1.807, 2.05) is 0 Å². The summed E-state index contributed by atoms with van der Waals surface area (Å²) in [5.74, 6) is -1.63. The number of rotatable bonds is 7. The molecule has 0 saturated heterocycles. The van der Waals surface area contributed by atoms with E-state index in [-0.39, 0.29) is 24.4 Å². The smallest absolute Gasteiger partial charge is 0.355 e. The highest BCUT2D eigenvalue weighted by Crippen LogP contribution is 2.20. The first kappa shape index (κ1) is 18.5. The van der Waals surface area contributed by atoms with Gasteiger partial charge in [0.25, 0.3) is 5.91 Å². The zero-order valence-electron chi connectivity index (χ0n) is 13.8. The summed E-state index contributed by atoms with van der Waals surface area (Å²) < 4.78 is 10.1. The molecule has 23 heavy (non-hydrogen) atoms. The maximum absolute atomic E-state index is 12.3. The molecule has 1 heterocycles. The molecular formula is C16H22N2O5. The van der Waals surface area contributed by atoms with Crippen LogP contribution in [0.1, 0.15) is 46.0 Å². The van der Waals surface area contributed by atoms with E-state index in [2.05, 4.69) is 16.9 Å². The zero-order valence-corrected chi connectivity index (χ0v) is 13.8. The van der Waals surface area contributed by atoms with Crippen LogP contribution >= 0.6 is 0 Å². The molecule has 0 aromatic carbocycles. The van der Waals surface area contributed by atoms with Gasteiger partial charge >= 0.3 is 11.9 Å². The highest BCUT2D eigenvalue weighted by atomic mass is 16.5. The second kappa shape index (κ2) is 8.17. The van der Waals surface area contributed by atoms with Crippen molar-refractivity contribution < 1.29 is 23.9 Å². The molecule has 0 bridgehead atoms. The van der Waals surface area contributed by atoms with Crippen LogP contribution in [0.2, 0.25) is 0 Å². The van der Waals surface area contributed by atoms with Gasteiger partial charge in [-0.1, -0.05) is 6.08 Å². The summed E-state index contributed by atoms with van der Waals surface area (Å²) in [5.41, 5.74) is 1.36. The van der Waals surface area contributed by atoms with Crippen LogP contribution in [0.15, 0.2) is 12.7 Å². The molecule has 1 aromatic rings. The van der Waals surface area contributed by atoms with Gasteiger partial charge in [-0.2, -0.15) is 0 Å². The van der Waals surface area contributed by atoms with Crippen LogP contribution in [-0.4, -0.2) is 42.1 Å². The fourth-order valence-electron chi connectivity index (χ4n) is 2.05. The predicted molar refractivity (Wildman–Crippen MR) is 84.3 cm³/mol. The molecule has 7 heteroatoms. The second-order valence-electron chi connectivity index (χ2n) is 4.93. The lowest BCUT2D eigenvalue weighted by Gasteiger charge is -2.13. The number of aromatic amines is 1. The van der Waals surface area contributed by atoms with E-state index in [1.165, 1.54) is 13.0 Å². The lowest BCUT2D eigenvalue weighted by molar-refractivity contribution is -0.128. The summed E-state index contributed by atoms with van der Waals surface area (Å²) in [6.07, 6.45) is 0.570. The number of carbonyl (C=O) groups excluding carboxylic acids is 3. The Hall–Kier alpha value is -2.57. The average Bonchev–Trinajstić information content (AvgIpc) is 2.79. The minimum Gasteiger partial charge on any atom is -0.461 e. The number of carbonyl (C=O) groups is 3. The summed E-state index contributed by atoms with van der Waals surface area (Å²) in [6, 6.07) is 0. The molecule has 1 rings (SSSR count). The molecule has 1 aromatic heterocycles. The standard InChI is InChI=1S/C16H22N2O5/c1-6-8-17-14(19)11(5)23-15(20)12-9(3)13(18-10(12)4)16(21)22-7-2/h6,11,18H,1,7-8H2,2-5H3,(H,17,19)/t11-/m1/s1. The number of amides is 1. The van der Waals surface area contributed by atoms with Crippen molar-refractivity contribution in [3.8, 4) is 0 Å². The van der Waals surface area contributed by atoms with Crippen LogP contribution < -0.4 is 5.32 Å². The Morgan fingerprint density at radius 1 is 1.30 bits per heavy atom. The van der Waals surface area contributed by atoms with Crippen molar-refractivity contribution >= 4 is 17.8 Å². The van der Waals surface area contributed by atoms with E-state index < -0.39 is 23.9 Å². The lowest BCUT2D eigenvalue weighted by atomic mass is 10.1. The fourth-order valence-corrected chi connectivity index (χ4v) is 2.05. The van der Waals surface area contributed by atoms with Crippen molar-refractivity contribution in [2.75, 3.05) is 13.2 Å². The Bertz CT molecular complexity index is 618. The van der Waals surface area contributed by atoms with E-state index >= 15 is 0 Å². The summed E-state index contributed by atoms with van der Waals surface area (Å²) in [6.45, 7) is 10.4. The molecule has 0 unspecified atom stereocenters. The van der Waals surface area contributed by atoms with Gasteiger partial charge in [0.2, 0.25) is 0 Å². The minimum absolute atomic E-state index is 0.208. The highest BCUT2D eigenvalue weighted by molar-refractivity contribution is 5.99. The van der Waals surface area contributed by atoms with Gasteiger partial charge in [-0.25, -0.2) is 9.59 Å². The van der Waals surface area contributed by atoms with E-state index in [1.54, 1.807) is 20.8 Å². The van der Waals surface area contributed by atoms with Gasteiger partial charge in [0.15, 0.2) is 6.10 Å². The number of H-pyrrole nitrogens is 1. The Balaban J connectivity index is 2.90. The largest absolute Gasteiger partial charge is 0.461 e. The van der Waals surface area contributed by atoms with Crippen molar-refractivity contribution in [2.45, 2.75) is 33.8 Å². The SMILES string of the molecule is C=CCNC(=O)[C@@H](C)OC(=O)c1c(C)[nH]c(C(=O)OCC)c1C. The van der Waals surface area contributed by atoms with Crippen molar-refractivity contribution in [1.29, 1.82) is 0 Å². The van der Waals surface area contributed by atoms with Crippen LogP contribution in [0.4, 0.5) is 0 Å². The Morgan fingerprint density at radius 2 is 1.96 bits per heavy atom. The second-order valence-corrected chi connectivity index (χ2v) is 4.93. The molecule has 2 N–H and O–H groups in total. The van der Waals surface area contributed by atoms with Crippen molar-refractivity contribution in [3.05, 3.63) is 35.2 Å². The molecule has 1 amide bonds. The zero-order chi connectivity index (χ0) is 17.6. The maximum atomic E-state index is 12.3. The lowest BCUT2D eigenvalue weighted by Crippen LogP contribution is -2.36. The third-order valence-corrected chi connectivity index (χ3v) is 3.19. The highest BCUT2D eigenvalue weighted by Gasteiger charge is 2.26. The van der Waals surface area contributed by atoms with Crippen LogP contribution in [0.25, 0.3) is 0 Å². The monoisotopic (exact) mass is 322 g/mol. The normalized spacial score (nSPS) is 11.5. The number of hydrogen-bond donors (Lipinski definition) is 2. The van der Waals surface area contributed by atoms with E-state index in [9.17, 15) is 14.4 Å². The van der Waals surface area contributed by atoms with Gasteiger partial charge in [0.1, 0.15) is 5.69 Å². The van der Waals surface area contributed by atoms with Crippen molar-refractivity contribution in [1.82, 2.24) is 10.3 Å². The van der Waals surface area contributed by atoms with Crippen LogP contribution in [0.5, 0.6) is 0 Å². The Labute approximate surface area is 135 Å². The maximum Gasteiger partial charge on any atom is 0.355 e. The third kappa shape index (κ3) is 4.45. The first-order valence-electron chi connectivity index (χ1n) is 7.29. The van der Waals surface area contributed by atoms with Crippen LogP contribution in [-0.2, 0) is 14.3 Å². The minimum atomic E-state index is -0.956. The summed E-state index contributed by atoms with van der Waals surface area (Å²) in [7, 11) is 0. The predicted octanol–water partition coefficient (Wildman–Crippen LogP) is 1.66. The third-order valence-electron chi connectivity index (χ3n) is 3.19. The van der Waals surface area contributed by atoms with Crippen LogP contribution in [0.3, 0.4) is 0 Å². The quantitative estimate of drug-likeness (QED) is 0.588. The fraction of sp³-hybridized carbons (Fsp3) is 0.438. The Morgan fingerprint density at radius 3 is 2.52 bits per heavy atom. The molecule has 0 aliphatic rings. The van der Waals surface area contributed by atoms with Crippen LogP contribution in [0, 0.1) is 13.8 Å². The molecule has 0 radical (unpaired) electrons. The summed E-state index contributed by atoms with van der Waals surface area (Å²) >= 11 is 0. The summed E-state index contributed by atoms with van der Waals surface area (Å²) in [5, 5.41) is 2.54. The summed E-state index contributed by atoms with van der Waals surface area (Å²) in [4.78, 5) is 38.6. The number of aryl methyl sites for hydroxylation is 1. The molecule has 0 aliphatic heterocycles. The number of hydrogen-bond acceptors (Lipinski definition) is 5. The van der Waals surface area contributed by atoms with Gasteiger partial charge in [0, 0.05) is 12.2 Å². The molecule has 0 saturated carbocycles. The number of aromatic nitrogens is 1. The molecule has 1 atom stereocenters. The van der Waals surface area contributed by atoms with Gasteiger partial charge in [-0.05, 0) is 33.3 Å². The van der Waals surface area contributed by atoms with Gasteiger partial charge < -0.3 is 19.8 Å². The average molecular weight is 322 g/mol. The van der Waals surface area contributed by atoms with E-state index in [0.717, 1.165) is 0 Å². The molecule has 7 nitrogen and oxygen atoms in total. The van der Waals surface area contributed by atoms with Gasteiger partial charge in [0.05, 0.1) is 12.2 Å². The first-order valence-corrected chi connectivity index (χ1v) is 7.29. The van der Waals surface area contributed by atoms with Crippen molar-refractivity contribution in [3.63, 3.8) is 0 Å². The van der Waals surface area contributed by atoms with E-state index in [0.29, 0.717) is 11.3 Å². The number of ether oxygens (including phenoxy) is 2. The molecular weight excluding hydrogens is 300 g/mol. The molecule has 0 spiro atoms. The molecule has 0 aliphatic carbocycles. The topological polar surface area (TPSA) is 97.5 Å². The Kier molecular flexibility index (Phi) is 6.56. The number of nitrogens with one attached hydrogen (secondary N) is 2. The van der Waals surface area contributed by atoms with E-state index in [4.69, 9.17) is 9.47 Å². The molecule has 126 valence electrons. The van der Waals surface area contributed by atoms with Gasteiger partial charge in [-0.3, -0.25) is 4.79 Å². The van der Waals surface area contributed by atoms with Crippen molar-refractivity contribution in [2.24, 2.45) is 0 Å². The first-order chi connectivity index (χ1) is 10.8. The van der Waals surface area contributed by atoms with Gasteiger partial charge in [-0.15, -0.1) is 6.58 Å². The number of esters is 2. The molecule has 0 fully saturated rings.